The van der Waals surface area contributed by atoms with Crippen molar-refractivity contribution < 1.29 is 18.5 Å². The smallest absolute Gasteiger partial charge is 0.333 e. The Morgan fingerprint density at radius 3 is 1.96 bits per heavy atom. The van der Waals surface area contributed by atoms with E-state index < -0.39 is 22.7 Å². The maximum atomic E-state index is 15.3. The molecule has 3 rings (SSSR count). The molecule has 0 aliphatic rings. The summed E-state index contributed by atoms with van der Waals surface area (Å²) in [5.74, 6) is -5.13. The Morgan fingerprint density at radius 1 is 0.893 bits per heavy atom. The molecule has 3 aromatic carbocycles. The number of hydrogen-bond acceptors (Lipinski definition) is 4. The summed E-state index contributed by atoms with van der Waals surface area (Å²) in [6.07, 6.45) is 0. The minimum Gasteiger partial charge on any atom is -0.372 e. The van der Waals surface area contributed by atoms with Crippen molar-refractivity contribution in [3.8, 4) is 0 Å². The van der Waals surface area contributed by atoms with E-state index in [1.807, 2.05) is 0 Å². The van der Waals surface area contributed by atoms with Crippen LogP contribution in [0.15, 0.2) is 84.9 Å². The van der Waals surface area contributed by atoms with E-state index in [1.54, 1.807) is 36.4 Å². The fourth-order valence-electron chi connectivity index (χ4n) is 2.79. The SMILES string of the molecule is O=C(c1ccccc1)C(F)(F)C(Nc1ccccc1)c1ccc([N+](=O)[O-])cc1. The van der Waals surface area contributed by atoms with Crippen molar-refractivity contribution in [1.29, 1.82) is 0 Å². The fourth-order valence-corrected chi connectivity index (χ4v) is 2.79. The minimum atomic E-state index is -3.80. The van der Waals surface area contributed by atoms with Crippen molar-refractivity contribution in [2.75, 3.05) is 5.32 Å². The number of non-ortho nitro benzene ring substituents is 1. The molecule has 0 aliphatic heterocycles. The van der Waals surface area contributed by atoms with Crippen LogP contribution in [0.25, 0.3) is 0 Å². The Kier molecular flexibility index (Phi) is 5.44. The van der Waals surface area contributed by atoms with Gasteiger partial charge in [0.2, 0.25) is 5.78 Å². The van der Waals surface area contributed by atoms with E-state index in [4.69, 9.17) is 0 Å². The summed E-state index contributed by atoms with van der Waals surface area (Å²) in [5.41, 5.74) is 0.115. The number of ketones is 1. The third kappa shape index (κ3) is 4.03. The van der Waals surface area contributed by atoms with Gasteiger partial charge in [0.25, 0.3) is 5.69 Å². The number of nitro benzene ring substituents is 1. The van der Waals surface area contributed by atoms with Gasteiger partial charge < -0.3 is 5.32 Å². The van der Waals surface area contributed by atoms with Crippen LogP contribution in [0.5, 0.6) is 0 Å². The summed E-state index contributed by atoms with van der Waals surface area (Å²) in [5, 5.41) is 13.5. The molecule has 1 atom stereocenters. The predicted octanol–water partition coefficient (Wildman–Crippen LogP) is 5.27. The molecule has 0 amide bonds. The molecule has 1 unspecified atom stereocenters. The highest BCUT2D eigenvalue weighted by atomic mass is 19.3. The van der Waals surface area contributed by atoms with Gasteiger partial charge in [-0.25, -0.2) is 0 Å². The molecule has 0 heterocycles. The maximum absolute atomic E-state index is 15.3. The Morgan fingerprint density at radius 2 is 1.43 bits per heavy atom. The monoisotopic (exact) mass is 382 g/mol. The van der Waals surface area contributed by atoms with Gasteiger partial charge in [-0.05, 0) is 29.8 Å². The van der Waals surface area contributed by atoms with E-state index in [-0.39, 0.29) is 16.8 Å². The quantitative estimate of drug-likeness (QED) is 0.343. The largest absolute Gasteiger partial charge is 0.372 e. The number of Topliss-reactive ketones (excluding diaryl/α,β-unsaturated/α-hetero) is 1. The van der Waals surface area contributed by atoms with Crippen LogP contribution in [0.3, 0.4) is 0 Å². The summed E-state index contributed by atoms with van der Waals surface area (Å²) in [7, 11) is 0. The first-order valence-corrected chi connectivity index (χ1v) is 8.43. The summed E-state index contributed by atoms with van der Waals surface area (Å²) in [4.78, 5) is 22.8. The van der Waals surface area contributed by atoms with Crippen molar-refractivity contribution in [2.24, 2.45) is 0 Å². The second-order valence-corrected chi connectivity index (χ2v) is 6.11. The number of hydrogen-bond donors (Lipinski definition) is 1. The van der Waals surface area contributed by atoms with Crippen LogP contribution in [0.2, 0.25) is 0 Å². The predicted molar refractivity (Wildman–Crippen MR) is 102 cm³/mol. The van der Waals surface area contributed by atoms with Gasteiger partial charge in [-0.3, -0.25) is 14.9 Å². The van der Waals surface area contributed by atoms with Crippen LogP contribution in [0, 0.1) is 10.1 Å². The molecule has 28 heavy (non-hydrogen) atoms. The summed E-state index contributed by atoms with van der Waals surface area (Å²) in [6.45, 7) is 0. The number of carbonyl (C=O) groups is 1. The number of alkyl halides is 2. The number of nitrogens with zero attached hydrogens (tertiary/aromatic N) is 1. The number of anilines is 1. The number of para-hydroxylation sites is 1. The van der Waals surface area contributed by atoms with Gasteiger partial charge in [0, 0.05) is 23.4 Å². The first-order valence-electron chi connectivity index (χ1n) is 8.43. The van der Waals surface area contributed by atoms with Gasteiger partial charge in [0.1, 0.15) is 6.04 Å². The highest BCUT2D eigenvalue weighted by Crippen LogP contribution is 2.37. The third-order valence-corrected chi connectivity index (χ3v) is 4.22. The number of benzene rings is 3. The lowest BCUT2D eigenvalue weighted by molar-refractivity contribution is -0.384. The van der Waals surface area contributed by atoms with Crippen LogP contribution in [-0.2, 0) is 0 Å². The lowest BCUT2D eigenvalue weighted by Gasteiger charge is -2.28. The Bertz CT molecular complexity index is 962. The zero-order valence-corrected chi connectivity index (χ0v) is 14.6. The summed E-state index contributed by atoms with van der Waals surface area (Å²) in [6, 6.07) is 18.6. The Balaban J connectivity index is 2.01. The van der Waals surface area contributed by atoms with E-state index in [0.29, 0.717) is 5.69 Å². The van der Waals surface area contributed by atoms with Crippen LogP contribution in [0.4, 0.5) is 20.2 Å². The van der Waals surface area contributed by atoms with Gasteiger partial charge in [0.05, 0.1) is 4.92 Å². The summed E-state index contributed by atoms with van der Waals surface area (Å²) < 4.78 is 30.5. The number of nitro groups is 1. The number of halogens is 2. The topological polar surface area (TPSA) is 72.2 Å². The molecule has 142 valence electrons. The first kappa shape index (κ1) is 19.2. The summed E-state index contributed by atoms with van der Waals surface area (Å²) >= 11 is 0. The van der Waals surface area contributed by atoms with Crippen molar-refractivity contribution in [3.05, 3.63) is 106 Å². The van der Waals surface area contributed by atoms with Gasteiger partial charge in [-0.2, -0.15) is 8.78 Å². The lowest BCUT2D eigenvalue weighted by Crippen LogP contribution is -2.40. The molecule has 0 bridgehead atoms. The van der Waals surface area contributed by atoms with Crippen LogP contribution in [0.1, 0.15) is 22.0 Å². The van der Waals surface area contributed by atoms with E-state index in [2.05, 4.69) is 5.32 Å². The van der Waals surface area contributed by atoms with Crippen LogP contribution >= 0.6 is 0 Å². The highest BCUT2D eigenvalue weighted by molar-refractivity contribution is 6.02. The fraction of sp³-hybridized carbons (Fsp3) is 0.0952. The van der Waals surface area contributed by atoms with Crippen LogP contribution in [-0.4, -0.2) is 16.6 Å². The van der Waals surface area contributed by atoms with Crippen molar-refractivity contribution in [2.45, 2.75) is 12.0 Å². The molecule has 0 spiro atoms. The molecular weight excluding hydrogens is 366 g/mol. The first-order chi connectivity index (χ1) is 13.4. The molecular formula is C21H16F2N2O3. The van der Waals surface area contributed by atoms with E-state index in [1.165, 1.54) is 36.4 Å². The van der Waals surface area contributed by atoms with Gasteiger partial charge >= 0.3 is 5.92 Å². The lowest BCUT2D eigenvalue weighted by atomic mass is 9.93. The van der Waals surface area contributed by atoms with Gasteiger partial charge in [0.15, 0.2) is 0 Å². The number of rotatable bonds is 7. The molecule has 0 saturated heterocycles. The number of carbonyl (C=O) groups excluding carboxylic acids is 1. The normalized spacial score (nSPS) is 12.2. The van der Waals surface area contributed by atoms with Crippen molar-refractivity contribution in [3.63, 3.8) is 0 Å². The molecule has 3 aromatic rings. The van der Waals surface area contributed by atoms with Gasteiger partial charge in [-0.1, -0.05) is 48.5 Å². The molecule has 5 nitrogen and oxygen atoms in total. The second kappa shape index (κ2) is 7.96. The Hall–Kier alpha value is -3.61. The molecule has 0 radical (unpaired) electrons. The highest BCUT2D eigenvalue weighted by Gasteiger charge is 2.48. The molecule has 1 N–H and O–H groups in total. The average molecular weight is 382 g/mol. The molecule has 7 heteroatoms. The third-order valence-electron chi connectivity index (χ3n) is 4.22. The maximum Gasteiger partial charge on any atom is 0.333 e. The average Bonchev–Trinajstić information content (AvgIpc) is 2.73. The molecule has 0 saturated carbocycles. The van der Waals surface area contributed by atoms with E-state index in [9.17, 15) is 14.9 Å². The molecule has 0 aliphatic carbocycles. The van der Waals surface area contributed by atoms with Crippen LogP contribution < -0.4 is 5.32 Å². The van der Waals surface area contributed by atoms with Crippen molar-refractivity contribution >= 4 is 17.2 Å². The standard InChI is InChI=1S/C21H16F2N2O3/c22-21(23,20(26)16-7-3-1-4-8-16)19(24-17-9-5-2-6-10-17)15-11-13-18(14-12-15)25(27)28/h1-14,19,24H. The molecule has 0 aromatic heterocycles. The minimum absolute atomic E-state index is 0.0590. The van der Waals surface area contributed by atoms with E-state index in [0.717, 1.165) is 12.1 Å². The van der Waals surface area contributed by atoms with Gasteiger partial charge in [-0.15, -0.1) is 0 Å². The molecule has 0 fully saturated rings. The zero-order valence-electron chi connectivity index (χ0n) is 14.6. The number of nitrogens with one attached hydrogen (secondary N) is 1. The van der Waals surface area contributed by atoms with Crippen molar-refractivity contribution in [1.82, 2.24) is 0 Å². The second-order valence-electron chi connectivity index (χ2n) is 6.11. The van der Waals surface area contributed by atoms with E-state index >= 15 is 8.78 Å². The zero-order chi connectivity index (χ0) is 20.1. The Labute approximate surface area is 159 Å².